The van der Waals surface area contributed by atoms with Crippen molar-refractivity contribution >= 4 is 5.91 Å². The zero-order chi connectivity index (χ0) is 8.27. The van der Waals surface area contributed by atoms with Crippen LogP contribution in [0.4, 0.5) is 0 Å². The number of amides is 1. The monoisotopic (exact) mass is 159 g/mol. The third kappa shape index (κ3) is 1.91. The molecule has 0 spiro atoms. The number of carbonyl (C=O) groups is 1. The highest BCUT2D eigenvalue weighted by atomic mass is 16.5. The molecule has 11 heavy (non-hydrogen) atoms. The predicted molar refractivity (Wildman–Crippen MR) is 39.1 cm³/mol. The van der Waals surface area contributed by atoms with Gasteiger partial charge in [-0.25, -0.2) is 0 Å². The highest BCUT2D eigenvalue weighted by Gasteiger charge is 2.21. The summed E-state index contributed by atoms with van der Waals surface area (Å²) in [5, 5.41) is 8.83. The topological polar surface area (TPSA) is 49.8 Å². The summed E-state index contributed by atoms with van der Waals surface area (Å²) in [6, 6.07) is -0.162. The van der Waals surface area contributed by atoms with E-state index >= 15 is 0 Å². The van der Waals surface area contributed by atoms with Gasteiger partial charge in [-0.15, -0.1) is 0 Å². The Morgan fingerprint density at radius 1 is 1.82 bits per heavy atom. The van der Waals surface area contributed by atoms with Crippen LogP contribution < -0.4 is 0 Å². The molecule has 1 aliphatic rings. The van der Waals surface area contributed by atoms with Crippen LogP contribution in [0.3, 0.4) is 0 Å². The molecule has 1 fully saturated rings. The minimum atomic E-state index is -0.162. The number of nitrogens with zero attached hydrogens (tertiary/aromatic N) is 1. The summed E-state index contributed by atoms with van der Waals surface area (Å²) in [4.78, 5) is 12.7. The number of likely N-dealkylation sites (N-methyl/N-ethyl adjacent to an activating group) is 1. The largest absolute Gasteiger partial charge is 0.394 e. The molecule has 0 radical (unpaired) electrons. The van der Waals surface area contributed by atoms with Gasteiger partial charge in [0.1, 0.15) is 0 Å². The van der Waals surface area contributed by atoms with Crippen LogP contribution in [0, 0.1) is 0 Å². The summed E-state index contributed by atoms with van der Waals surface area (Å²) in [6.07, 6.45) is 0.424. The molecule has 0 aromatic rings. The van der Waals surface area contributed by atoms with Crippen LogP contribution in [-0.4, -0.2) is 48.8 Å². The molecule has 1 unspecified atom stereocenters. The van der Waals surface area contributed by atoms with Crippen LogP contribution in [-0.2, 0) is 9.53 Å². The Bertz CT molecular complexity index is 149. The lowest BCUT2D eigenvalue weighted by Gasteiger charge is -2.22. The number of carbonyl (C=O) groups excluding carboxylic acids is 1. The molecule has 64 valence electrons. The summed E-state index contributed by atoms with van der Waals surface area (Å²) < 4.78 is 5.12. The Kier molecular flexibility index (Phi) is 2.84. The molecular formula is C7H13NO3. The molecule has 4 nitrogen and oxygen atoms in total. The molecule has 0 aromatic carbocycles. The van der Waals surface area contributed by atoms with Crippen LogP contribution in [0.15, 0.2) is 0 Å². The lowest BCUT2D eigenvalue weighted by Crippen LogP contribution is -2.40. The van der Waals surface area contributed by atoms with E-state index in [4.69, 9.17) is 9.84 Å². The van der Waals surface area contributed by atoms with Crippen molar-refractivity contribution in [1.82, 2.24) is 4.90 Å². The van der Waals surface area contributed by atoms with Crippen LogP contribution in [0.5, 0.6) is 0 Å². The van der Waals surface area contributed by atoms with Gasteiger partial charge in [0.15, 0.2) is 0 Å². The maximum atomic E-state index is 11.1. The standard InChI is InChI=1S/C7H13NO3/c1-8-6(4-9)5-11-3-2-7(8)10/h6,9H,2-5H2,1H3. The van der Waals surface area contributed by atoms with Gasteiger partial charge in [0.25, 0.3) is 0 Å². The number of ether oxygens (including phenoxy) is 1. The van der Waals surface area contributed by atoms with E-state index in [1.54, 1.807) is 11.9 Å². The summed E-state index contributed by atoms with van der Waals surface area (Å²) in [7, 11) is 1.69. The molecule has 1 atom stereocenters. The van der Waals surface area contributed by atoms with E-state index < -0.39 is 0 Å². The Morgan fingerprint density at radius 2 is 2.55 bits per heavy atom. The molecule has 0 aromatic heterocycles. The highest BCUT2D eigenvalue weighted by Crippen LogP contribution is 2.04. The van der Waals surface area contributed by atoms with Gasteiger partial charge in [0, 0.05) is 7.05 Å². The first-order valence-electron chi connectivity index (χ1n) is 3.70. The van der Waals surface area contributed by atoms with E-state index in [2.05, 4.69) is 0 Å². The molecular weight excluding hydrogens is 146 g/mol. The van der Waals surface area contributed by atoms with Crippen LogP contribution in [0.1, 0.15) is 6.42 Å². The Hall–Kier alpha value is -0.610. The summed E-state index contributed by atoms with van der Waals surface area (Å²) in [5.41, 5.74) is 0. The van der Waals surface area contributed by atoms with Crippen LogP contribution in [0.2, 0.25) is 0 Å². The number of hydrogen-bond donors (Lipinski definition) is 1. The van der Waals surface area contributed by atoms with Crippen molar-refractivity contribution in [2.75, 3.05) is 26.9 Å². The molecule has 4 heteroatoms. The number of hydrogen-bond acceptors (Lipinski definition) is 3. The van der Waals surface area contributed by atoms with Gasteiger partial charge < -0.3 is 14.7 Å². The smallest absolute Gasteiger partial charge is 0.225 e. The fraction of sp³-hybridized carbons (Fsp3) is 0.857. The Labute approximate surface area is 65.8 Å². The van der Waals surface area contributed by atoms with Gasteiger partial charge in [0.2, 0.25) is 5.91 Å². The second kappa shape index (κ2) is 3.69. The predicted octanol–water partition coefficient (Wildman–Crippen LogP) is -0.774. The van der Waals surface area contributed by atoms with Crippen LogP contribution >= 0.6 is 0 Å². The third-order valence-electron chi connectivity index (χ3n) is 1.92. The first-order chi connectivity index (χ1) is 5.25. The van der Waals surface area contributed by atoms with Crippen LogP contribution in [0.25, 0.3) is 0 Å². The van der Waals surface area contributed by atoms with Crippen molar-refractivity contribution < 1.29 is 14.6 Å². The van der Waals surface area contributed by atoms with Gasteiger partial charge in [-0.1, -0.05) is 0 Å². The van der Waals surface area contributed by atoms with Gasteiger partial charge in [-0.2, -0.15) is 0 Å². The second-order valence-electron chi connectivity index (χ2n) is 2.67. The lowest BCUT2D eigenvalue weighted by molar-refractivity contribution is -0.131. The molecule has 1 saturated heterocycles. The van der Waals surface area contributed by atoms with E-state index in [0.717, 1.165) is 0 Å². The molecule has 0 aliphatic carbocycles. The molecule has 1 aliphatic heterocycles. The molecule has 0 bridgehead atoms. The summed E-state index contributed by atoms with van der Waals surface area (Å²) in [5.74, 6) is 0.0431. The average molecular weight is 159 g/mol. The van der Waals surface area contributed by atoms with Crippen molar-refractivity contribution in [2.45, 2.75) is 12.5 Å². The number of aliphatic hydroxyl groups excluding tert-OH is 1. The maximum Gasteiger partial charge on any atom is 0.225 e. The van der Waals surface area contributed by atoms with E-state index in [9.17, 15) is 4.79 Å². The van der Waals surface area contributed by atoms with Crippen molar-refractivity contribution in [2.24, 2.45) is 0 Å². The van der Waals surface area contributed by atoms with Gasteiger partial charge in [-0.05, 0) is 0 Å². The van der Waals surface area contributed by atoms with E-state index in [1.165, 1.54) is 0 Å². The lowest BCUT2D eigenvalue weighted by atomic mass is 10.3. The molecule has 0 saturated carbocycles. The molecule has 1 heterocycles. The second-order valence-corrected chi connectivity index (χ2v) is 2.67. The van der Waals surface area contributed by atoms with Crippen molar-refractivity contribution in [1.29, 1.82) is 0 Å². The normalized spacial score (nSPS) is 26.9. The summed E-state index contributed by atoms with van der Waals surface area (Å²) >= 11 is 0. The van der Waals surface area contributed by atoms with Gasteiger partial charge in [-0.3, -0.25) is 4.79 Å². The van der Waals surface area contributed by atoms with Gasteiger partial charge >= 0.3 is 0 Å². The molecule has 1 amide bonds. The van der Waals surface area contributed by atoms with Crippen molar-refractivity contribution in [3.05, 3.63) is 0 Å². The minimum Gasteiger partial charge on any atom is -0.394 e. The fourth-order valence-electron chi connectivity index (χ4n) is 1.05. The summed E-state index contributed by atoms with van der Waals surface area (Å²) in [6.45, 7) is 0.890. The first-order valence-corrected chi connectivity index (χ1v) is 3.70. The fourth-order valence-corrected chi connectivity index (χ4v) is 1.05. The number of rotatable bonds is 1. The van der Waals surface area contributed by atoms with Crippen molar-refractivity contribution in [3.8, 4) is 0 Å². The zero-order valence-electron chi connectivity index (χ0n) is 6.62. The minimum absolute atomic E-state index is 0.0256. The highest BCUT2D eigenvalue weighted by molar-refractivity contribution is 5.76. The van der Waals surface area contributed by atoms with E-state index in [-0.39, 0.29) is 18.6 Å². The third-order valence-corrected chi connectivity index (χ3v) is 1.92. The zero-order valence-corrected chi connectivity index (χ0v) is 6.62. The van der Waals surface area contributed by atoms with E-state index in [0.29, 0.717) is 19.6 Å². The Balaban J connectivity index is 2.56. The molecule has 1 rings (SSSR count). The number of aliphatic hydroxyl groups is 1. The van der Waals surface area contributed by atoms with Gasteiger partial charge in [0.05, 0.1) is 32.3 Å². The van der Waals surface area contributed by atoms with E-state index in [1.807, 2.05) is 0 Å². The average Bonchev–Trinajstić information content (AvgIpc) is 2.16. The SMILES string of the molecule is CN1C(=O)CCOCC1CO. The Morgan fingerprint density at radius 3 is 3.18 bits per heavy atom. The molecule has 1 N–H and O–H groups in total. The van der Waals surface area contributed by atoms with Crippen molar-refractivity contribution in [3.63, 3.8) is 0 Å². The maximum absolute atomic E-state index is 11.1. The first kappa shape index (κ1) is 8.49. The quantitative estimate of drug-likeness (QED) is 0.546.